The quantitative estimate of drug-likeness (QED) is 0.129. The van der Waals surface area contributed by atoms with Crippen molar-refractivity contribution in [3.8, 4) is 0 Å². The van der Waals surface area contributed by atoms with Crippen molar-refractivity contribution >= 4 is 55.7 Å². The summed E-state index contributed by atoms with van der Waals surface area (Å²) < 4.78 is 44.6. The SMILES string of the molecule is CC(C)(C)C(=O)SCCOP(=O)(OCCSC(=O)C(C)(C)C)OCC1=CC(O[Si](C)(C)C(C)(C)C)C(n2ccc(N)nc2=O)O1. The number of nitrogen functional groups attached to an aromatic ring is 1. The van der Waals surface area contributed by atoms with Crippen LogP contribution in [0.3, 0.4) is 0 Å². The van der Waals surface area contributed by atoms with Gasteiger partial charge in [-0.15, -0.1) is 0 Å². The maximum absolute atomic E-state index is 13.7. The van der Waals surface area contributed by atoms with Gasteiger partial charge in [-0.05, 0) is 30.3 Å². The maximum atomic E-state index is 13.7. The van der Waals surface area contributed by atoms with Gasteiger partial charge in [0.05, 0.1) is 13.2 Å². The molecule has 1 aliphatic rings. The standard InChI is InChI=1S/C29H50N3O9PS2Si/c1-27(2,3)24(33)43-16-14-37-42(36,38-15-17-44-25(34)28(4,5)6)39-19-20-18-21(41-45(10,11)29(7,8)9)23(40-20)32-13-12-22(30)31-26(32)35/h12-13,18,21,23H,14-17,19H2,1-11H3,(H2,30,31,35). The van der Waals surface area contributed by atoms with Crippen molar-refractivity contribution in [2.75, 3.05) is 37.1 Å². The molecular weight excluding hydrogens is 658 g/mol. The lowest BCUT2D eigenvalue weighted by atomic mass is 9.99. The molecule has 45 heavy (non-hydrogen) atoms. The summed E-state index contributed by atoms with van der Waals surface area (Å²) in [6, 6.07) is 1.49. The first-order valence-electron chi connectivity index (χ1n) is 14.7. The summed E-state index contributed by atoms with van der Waals surface area (Å²) in [6.45, 7) is 20.9. The van der Waals surface area contributed by atoms with Gasteiger partial charge in [0.15, 0.2) is 18.5 Å². The van der Waals surface area contributed by atoms with Gasteiger partial charge in [0.2, 0.25) is 6.23 Å². The number of hydrogen-bond acceptors (Lipinski definition) is 13. The Balaban J connectivity index is 2.22. The number of nitrogens with two attached hydrogens (primary N) is 1. The van der Waals surface area contributed by atoms with Gasteiger partial charge in [0.1, 0.15) is 24.3 Å². The molecule has 12 nitrogen and oxygen atoms in total. The van der Waals surface area contributed by atoms with Gasteiger partial charge < -0.3 is 14.9 Å². The van der Waals surface area contributed by atoms with Crippen molar-refractivity contribution < 1.29 is 36.9 Å². The number of rotatable bonds is 14. The van der Waals surface area contributed by atoms with Crippen LogP contribution in [-0.2, 0) is 36.9 Å². The molecule has 1 aromatic heterocycles. The fourth-order valence-corrected chi connectivity index (χ4v) is 7.48. The number of hydrogen-bond donors (Lipinski definition) is 1. The van der Waals surface area contributed by atoms with Crippen molar-refractivity contribution in [1.29, 1.82) is 0 Å². The molecule has 2 heterocycles. The second kappa shape index (κ2) is 15.6. The van der Waals surface area contributed by atoms with Gasteiger partial charge in [-0.3, -0.25) is 27.7 Å². The first-order chi connectivity index (χ1) is 20.4. The number of phosphoric acid groups is 1. The van der Waals surface area contributed by atoms with E-state index in [1.165, 1.54) is 16.8 Å². The smallest absolute Gasteiger partial charge is 0.469 e. The first-order valence-corrected chi connectivity index (χ1v) is 21.1. The van der Waals surface area contributed by atoms with Gasteiger partial charge in [-0.25, -0.2) is 9.36 Å². The Morgan fingerprint density at radius 2 is 1.49 bits per heavy atom. The summed E-state index contributed by atoms with van der Waals surface area (Å²) in [6.07, 6.45) is 1.60. The fraction of sp³-hybridized carbons (Fsp3) is 0.724. The topological polar surface area (TPSA) is 158 Å². The van der Waals surface area contributed by atoms with Gasteiger partial charge >= 0.3 is 13.5 Å². The molecule has 0 bridgehead atoms. The van der Waals surface area contributed by atoms with E-state index in [0.29, 0.717) is 0 Å². The third-order valence-electron chi connectivity index (χ3n) is 6.99. The minimum Gasteiger partial charge on any atom is -0.469 e. The number of ether oxygens (including phenoxy) is 1. The number of aromatic nitrogens is 2. The third kappa shape index (κ3) is 12.3. The van der Waals surface area contributed by atoms with E-state index in [1.54, 1.807) is 6.08 Å². The van der Waals surface area contributed by atoms with Crippen LogP contribution in [0.25, 0.3) is 0 Å². The third-order valence-corrected chi connectivity index (χ3v) is 15.4. The zero-order valence-electron chi connectivity index (χ0n) is 28.3. The van der Waals surface area contributed by atoms with Crippen LogP contribution in [0.15, 0.2) is 28.9 Å². The van der Waals surface area contributed by atoms with E-state index in [9.17, 15) is 18.9 Å². The molecule has 0 aromatic carbocycles. The lowest BCUT2D eigenvalue weighted by molar-refractivity contribution is -0.118. The second-order valence-corrected chi connectivity index (χ2v) is 22.7. The van der Waals surface area contributed by atoms with E-state index < -0.39 is 45.0 Å². The normalized spacial score (nSPS) is 18.1. The highest BCUT2D eigenvalue weighted by molar-refractivity contribution is 8.14. The summed E-state index contributed by atoms with van der Waals surface area (Å²) in [5.41, 5.74) is 4.01. The lowest BCUT2D eigenvalue weighted by Crippen LogP contribution is -2.46. The molecule has 16 heteroatoms. The number of carbonyl (C=O) groups excluding carboxylic acids is 2. The predicted octanol–water partition coefficient (Wildman–Crippen LogP) is 6.40. The molecule has 256 valence electrons. The predicted molar refractivity (Wildman–Crippen MR) is 182 cm³/mol. The van der Waals surface area contributed by atoms with Gasteiger partial charge in [0, 0.05) is 28.5 Å². The van der Waals surface area contributed by atoms with E-state index in [1.807, 2.05) is 41.5 Å². The summed E-state index contributed by atoms with van der Waals surface area (Å²) in [7, 11) is -6.51. The van der Waals surface area contributed by atoms with Crippen LogP contribution in [0, 0.1) is 10.8 Å². The van der Waals surface area contributed by atoms with Crippen LogP contribution in [0.1, 0.15) is 68.5 Å². The molecule has 2 atom stereocenters. The molecule has 2 rings (SSSR count). The second-order valence-electron chi connectivity index (χ2n) is 14.2. The molecule has 0 spiro atoms. The highest BCUT2D eigenvalue weighted by Gasteiger charge is 2.44. The van der Waals surface area contributed by atoms with Crippen LogP contribution >= 0.6 is 31.3 Å². The van der Waals surface area contributed by atoms with Crippen LogP contribution in [0.4, 0.5) is 5.82 Å². The van der Waals surface area contributed by atoms with Crippen molar-refractivity contribution in [3.63, 3.8) is 0 Å². The van der Waals surface area contributed by atoms with Crippen molar-refractivity contribution in [2.24, 2.45) is 10.8 Å². The number of nitrogens with zero attached hydrogens (tertiary/aromatic N) is 2. The van der Waals surface area contributed by atoms with Gasteiger partial charge in [0.25, 0.3) is 0 Å². The zero-order valence-corrected chi connectivity index (χ0v) is 31.9. The molecule has 0 fully saturated rings. The van der Waals surface area contributed by atoms with E-state index >= 15 is 0 Å². The monoisotopic (exact) mass is 707 g/mol. The molecule has 2 unspecified atom stereocenters. The maximum Gasteiger partial charge on any atom is 0.475 e. The molecule has 0 saturated carbocycles. The Bertz CT molecular complexity index is 1300. The molecule has 1 aromatic rings. The van der Waals surface area contributed by atoms with Gasteiger partial charge in [-0.1, -0.05) is 85.8 Å². The highest BCUT2D eigenvalue weighted by Crippen LogP contribution is 2.51. The Hall–Kier alpha value is -1.45. The Morgan fingerprint density at radius 1 is 0.978 bits per heavy atom. The molecular formula is C29H50N3O9PS2Si. The largest absolute Gasteiger partial charge is 0.475 e. The average molecular weight is 708 g/mol. The number of anilines is 1. The first kappa shape index (κ1) is 39.7. The molecule has 0 aliphatic carbocycles. The van der Waals surface area contributed by atoms with Gasteiger partial charge in [-0.2, -0.15) is 4.98 Å². The molecule has 2 N–H and O–H groups in total. The molecule has 0 saturated heterocycles. The van der Waals surface area contributed by atoms with Crippen LogP contribution in [0.2, 0.25) is 18.1 Å². The van der Waals surface area contributed by atoms with Crippen LogP contribution < -0.4 is 11.4 Å². The lowest BCUT2D eigenvalue weighted by Gasteiger charge is -2.39. The van der Waals surface area contributed by atoms with Crippen LogP contribution in [-0.4, -0.2) is 65.5 Å². The van der Waals surface area contributed by atoms with Crippen molar-refractivity contribution in [2.45, 2.75) is 92.8 Å². The summed E-state index contributed by atoms with van der Waals surface area (Å²) in [5, 5.41) is -0.198. The summed E-state index contributed by atoms with van der Waals surface area (Å²) in [4.78, 5) is 41.1. The van der Waals surface area contributed by atoms with Crippen molar-refractivity contribution in [3.05, 3.63) is 34.6 Å². The van der Waals surface area contributed by atoms with E-state index in [4.69, 9.17) is 28.5 Å². The van der Waals surface area contributed by atoms with E-state index in [2.05, 4.69) is 38.8 Å². The fourth-order valence-electron chi connectivity index (χ4n) is 3.31. The van der Waals surface area contributed by atoms with E-state index in [-0.39, 0.29) is 58.2 Å². The Morgan fingerprint density at radius 3 is 1.93 bits per heavy atom. The van der Waals surface area contributed by atoms with Crippen molar-refractivity contribution in [1.82, 2.24) is 9.55 Å². The summed E-state index contributed by atoms with van der Waals surface area (Å²) >= 11 is 2.14. The van der Waals surface area contributed by atoms with E-state index in [0.717, 1.165) is 23.5 Å². The average Bonchev–Trinajstić information content (AvgIpc) is 3.27. The molecule has 1 aliphatic heterocycles. The minimum atomic E-state index is -4.17. The molecule has 0 amide bonds. The van der Waals surface area contributed by atoms with Crippen LogP contribution in [0.5, 0.6) is 0 Å². The Labute approximate surface area is 276 Å². The zero-order chi connectivity index (χ0) is 34.4. The highest BCUT2D eigenvalue weighted by atomic mass is 32.2. The Kier molecular flexibility index (Phi) is 13.8. The minimum absolute atomic E-state index is 0.0319. The number of carbonyl (C=O) groups is 2. The summed E-state index contributed by atoms with van der Waals surface area (Å²) in [5.74, 6) is 0.809. The number of phosphoric ester groups is 1. The number of thioether (sulfide) groups is 2. The molecule has 0 radical (unpaired) electrons.